The highest BCUT2D eigenvalue weighted by atomic mass is 35.5. The van der Waals surface area contributed by atoms with Crippen LogP contribution in [0.4, 0.5) is 10.2 Å². The average molecular weight is 385 g/mol. The van der Waals surface area contributed by atoms with Crippen LogP contribution in [-0.4, -0.2) is 22.3 Å². The largest absolute Gasteiger partial charge is 0.383 e. The van der Waals surface area contributed by atoms with E-state index in [0.717, 1.165) is 19.3 Å². The number of amides is 1. The zero-order valence-electron chi connectivity index (χ0n) is 14.6. The van der Waals surface area contributed by atoms with E-state index in [4.69, 9.17) is 17.3 Å². The second kappa shape index (κ2) is 6.82. The maximum Gasteiger partial charge on any atom is 0.225 e. The van der Waals surface area contributed by atoms with Gasteiger partial charge in [0.2, 0.25) is 5.91 Å². The lowest BCUT2D eigenvalue weighted by Crippen LogP contribution is -2.42. The third-order valence-corrected chi connectivity index (χ3v) is 5.69. The molecule has 2 heterocycles. The van der Waals surface area contributed by atoms with Crippen LogP contribution in [0.1, 0.15) is 36.1 Å². The lowest BCUT2D eigenvalue weighted by atomic mass is 9.83. The minimum absolute atomic E-state index is 0.0827. The zero-order chi connectivity index (χ0) is 19.1. The summed E-state index contributed by atoms with van der Waals surface area (Å²) < 4.78 is 14.7. The number of nitrogens with zero attached hydrogens (tertiary/aromatic N) is 3. The summed E-state index contributed by atoms with van der Waals surface area (Å²) in [6.45, 7) is 0.868. The van der Waals surface area contributed by atoms with Crippen LogP contribution in [-0.2, 0) is 17.8 Å². The van der Waals surface area contributed by atoms with Crippen molar-refractivity contribution in [2.24, 2.45) is 5.92 Å². The van der Waals surface area contributed by atoms with E-state index in [1.165, 1.54) is 6.07 Å². The molecular weight excluding hydrogens is 367 g/mol. The van der Waals surface area contributed by atoms with E-state index in [1.807, 2.05) is 0 Å². The first-order valence-electron chi connectivity index (χ1n) is 8.95. The number of benzene rings is 1. The average Bonchev–Trinajstić information content (AvgIpc) is 2.59. The quantitative estimate of drug-likeness (QED) is 0.856. The molecular formula is C20H18ClFN4O. The van der Waals surface area contributed by atoms with Crippen LogP contribution in [0.15, 0.2) is 18.2 Å². The second-order valence-electron chi connectivity index (χ2n) is 7.05. The van der Waals surface area contributed by atoms with E-state index in [-0.39, 0.29) is 33.8 Å². The molecule has 1 saturated carbocycles. The van der Waals surface area contributed by atoms with Crippen LogP contribution < -0.4 is 5.73 Å². The van der Waals surface area contributed by atoms with Gasteiger partial charge in [0.15, 0.2) is 0 Å². The normalized spacial score (nSPS) is 16.4. The van der Waals surface area contributed by atoms with Crippen LogP contribution in [0.25, 0.3) is 11.1 Å². The number of hydrogen-bond acceptors (Lipinski definition) is 4. The van der Waals surface area contributed by atoms with E-state index < -0.39 is 5.82 Å². The number of hydrogen-bond donors (Lipinski definition) is 1. The van der Waals surface area contributed by atoms with Crippen LogP contribution in [0, 0.1) is 23.1 Å². The van der Waals surface area contributed by atoms with Crippen molar-refractivity contribution >= 4 is 23.3 Å². The van der Waals surface area contributed by atoms with Crippen LogP contribution in [0.5, 0.6) is 0 Å². The Balaban J connectivity index is 1.84. The molecule has 2 N–H and O–H groups in total. The minimum Gasteiger partial charge on any atom is -0.383 e. The number of nitrogens with two attached hydrogens (primary N) is 1. The molecule has 27 heavy (non-hydrogen) atoms. The number of aromatic nitrogens is 1. The maximum absolute atomic E-state index is 14.7. The van der Waals surface area contributed by atoms with E-state index in [0.29, 0.717) is 36.3 Å². The molecule has 2 aromatic rings. The number of carbonyl (C=O) groups is 1. The fourth-order valence-corrected chi connectivity index (χ4v) is 3.94. The molecule has 0 radical (unpaired) electrons. The highest BCUT2D eigenvalue weighted by Crippen LogP contribution is 2.38. The monoisotopic (exact) mass is 384 g/mol. The lowest BCUT2D eigenvalue weighted by Gasteiger charge is -2.35. The number of anilines is 1. The van der Waals surface area contributed by atoms with Gasteiger partial charge < -0.3 is 10.6 Å². The molecule has 1 fully saturated rings. The van der Waals surface area contributed by atoms with Gasteiger partial charge in [0, 0.05) is 47.1 Å². The molecule has 5 nitrogen and oxygen atoms in total. The van der Waals surface area contributed by atoms with Crippen molar-refractivity contribution in [1.29, 1.82) is 5.26 Å². The van der Waals surface area contributed by atoms with Gasteiger partial charge in [-0.25, -0.2) is 9.37 Å². The molecule has 0 atom stereocenters. The molecule has 1 aromatic carbocycles. The fraction of sp³-hybridized carbons (Fsp3) is 0.350. The van der Waals surface area contributed by atoms with Crippen molar-refractivity contribution in [3.8, 4) is 17.2 Å². The molecule has 1 aromatic heterocycles. The Morgan fingerprint density at radius 1 is 1.41 bits per heavy atom. The summed E-state index contributed by atoms with van der Waals surface area (Å²) in [6.07, 6.45) is 3.46. The molecule has 1 amide bonds. The molecule has 0 unspecified atom stereocenters. The highest BCUT2D eigenvalue weighted by Gasteiger charge is 2.33. The zero-order valence-corrected chi connectivity index (χ0v) is 15.4. The Morgan fingerprint density at radius 3 is 2.81 bits per heavy atom. The van der Waals surface area contributed by atoms with Crippen molar-refractivity contribution in [2.45, 2.75) is 32.2 Å². The van der Waals surface area contributed by atoms with Gasteiger partial charge in [-0.05, 0) is 31.0 Å². The summed E-state index contributed by atoms with van der Waals surface area (Å²) in [5, 5.41) is 9.89. The number of pyridine rings is 1. The van der Waals surface area contributed by atoms with Crippen LogP contribution in [0.3, 0.4) is 0 Å². The summed E-state index contributed by atoms with van der Waals surface area (Å²) >= 11 is 5.88. The van der Waals surface area contributed by atoms with Gasteiger partial charge >= 0.3 is 0 Å². The van der Waals surface area contributed by atoms with Gasteiger partial charge in [-0.2, -0.15) is 5.26 Å². The molecule has 0 saturated heterocycles. The fourth-order valence-electron chi connectivity index (χ4n) is 3.78. The van der Waals surface area contributed by atoms with Crippen LogP contribution in [0.2, 0.25) is 5.02 Å². The number of carbonyl (C=O) groups excluding carboxylic acids is 1. The molecule has 0 spiro atoms. The minimum atomic E-state index is -0.533. The van der Waals surface area contributed by atoms with Crippen molar-refractivity contribution in [3.05, 3.63) is 45.9 Å². The molecule has 7 heteroatoms. The third-order valence-electron chi connectivity index (χ3n) is 5.46. The van der Waals surface area contributed by atoms with Gasteiger partial charge in [-0.15, -0.1) is 0 Å². The van der Waals surface area contributed by atoms with E-state index >= 15 is 0 Å². The summed E-state index contributed by atoms with van der Waals surface area (Å²) in [5.74, 6) is -0.238. The van der Waals surface area contributed by atoms with E-state index in [9.17, 15) is 14.4 Å². The molecule has 0 bridgehead atoms. The van der Waals surface area contributed by atoms with Crippen molar-refractivity contribution in [1.82, 2.24) is 9.88 Å². The Labute approximate surface area is 161 Å². The number of rotatable bonds is 2. The van der Waals surface area contributed by atoms with Gasteiger partial charge in [0.05, 0.1) is 5.69 Å². The standard InChI is InChI=1S/C20H18ClFN4O/c21-12-4-5-13(16(22)8-12)18-14(9-23)19(24)25-17-6-7-26(10-15(17)18)20(27)11-2-1-3-11/h4-5,8,11H,1-3,6-7,10H2,(H2,24,25). The van der Waals surface area contributed by atoms with Crippen molar-refractivity contribution in [2.75, 3.05) is 12.3 Å². The van der Waals surface area contributed by atoms with Crippen molar-refractivity contribution in [3.63, 3.8) is 0 Å². The molecule has 1 aliphatic heterocycles. The van der Waals surface area contributed by atoms with Gasteiger partial charge in [0.25, 0.3) is 0 Å². The van der Waals surface area contributed by atoms with E-state index in [2.05, 4.69) is 11.1 Å². The van der Waals surface area contributed by atoms with Gasteiger partial charge in [0.1, 0.15) is 23.3 Å². The van der Waals surface area contributed by atoms with Gasteiger partial charge in [-0.1, -0.05) is 18.0 Å². The van der Waals surface area contributed by atoms with E-state index in [1.54, 1.807) is 17.0 Å². The first-order chi connectivity index (χ1) is 13.0. The lowest BCUT2D eigenvalue weighted by molar-refractivity contribution is -0.139. The first kappa shape index (κ1) is 17.7. The Hall–Kier alpha value is -2.65. The Kier molecular flexibility index (Phi) is 4.48. The predicted molar refractivity (Wildman–Crippen MR) is 100 cm³/mol. The summed E-state index contributed by atoms with van der Waals surface area (Å²) in [6, 6.07) is 6.38. The second-order valence-corrected chi connectivity index (χ2v) is 7.48. The molecule has 138 valence electrons. The first-order valence-corrected chi connectivity index (χ1v) is 9.33. The molecule has 2 aliphatic rings. The smallest absolute Gasteiger partial charge is 0.225 e. The number of fused-ring (bicyclic) bond motifs is 1. The maximum atomic E-state index is 14.7. The van der Waals surface area contributed by atoms with Crippen molar-refractivity contribution < 1.29 is 9.18 Å². The number of nitrogen functional groups attached to an aromatic ring is 1. The summed E-state index contributed by atoms with van der Waals surface area (Å²) in [4.78, 5) is 18.8. The van der Waals surface area contributed by atoms with Gasteiger partial charge in [-0.3, -0.25) is 4.79 Å². The highest BCUT2D eigenvalue weighted by molar-refractivity contribution is 6.30. The summed E-state index contributed by atoms with van der Waals surface area (Å²) in [7, 11) is 0. The Morgan fingerprint density at radius 2 is 2.19 bits per heavy atom. The number of halogens is 2. The topological polar surface area (TPSA) is 83.0 Å². The number of nitriles is 1. The molecule has 1 aliphatic carbocycles. The van der Waals surface area contributed by atoms with Crippen LogP contribution >= 0.6 is 11.6 Å². The SMILES string of the molecule is N#Cc1c(N)nc2c(c1-c1ccc(Cl)cc1F)CN(C(=O)C1CCC1)CC2. The Bertz CT molecular complexity index is 981. The third kappa shape index (κ3) is 3.02. The molecule has 4 rings (SSSR count). The predicted octanol–water partition coefficient (Wildman–Crippen LogP) is 3.68. The summed E-state index contributed by atoms with van der Waals surface area (Å²) in [5.41, 5.74) is 8.19.